The molecule has 17 heavy (non-hydrogen) atoms. The normalized spacial score (nSPS) is 17.2. The van der Waals surface area contributed by atoms with Crippen LogP contribution in [0.5, 0.6) is 0 Å². The standard InChI is InChI=1S/C13H17BrN2O/c1-10-8-12(2-5-15-10)13(17)16-6-3-11(9-14)4-7-16/h2,5,8,11H,3-4,6-7,9H2,1H3. The van der Waals surface area contributed by atoms with Crippen LogP contribution in [0.1, 0.15) is 28.9 Å². The first-order valence-electron chi connectivity index (χ1n) is 5.98. The number of hydrogen-bond acceptors (Lipinski definition) is 2. The number of alkyl halides is 1. The number of carbonyl (C=O) groups is 1. The smallest absolute Gasteiger partial charge is 0.253 e. The Hall–Kier alpha value is -0.900. The molecule has 0 unspecified atom stereocenters. The topological polar surface area (TPSA) is 33.2 Å². The lowest BCUT2D eigenvalue weighted by atomic mass is 9.98. The van der Waals surface area contributed by atoms with Crippen molar-refractivity contribution in [2.75, 3.05) is 18.4 Å². The monoisotopic (exact) mass is 296 g/mol. The number of carbonyl (C=O) groups excluding carboxylic acids is 1. The minimum atomic E-state index is 0.142. The van der Waals surface area contributed by atoms with Crippen molar-refractivity contribution < 1.29 is 4.79 Å². The number of rotatable bonds is 2. The molecular weight excluding hydrogens is 280 g/mol. The SMILES string of the molecule is Cc1cc(C(=O)N2CCC(CBr)CC2)ccn1. The number of piperidine rings is 1. The maximum Gasteiger partial charge on any atom is 0.253 e. The summed E-state index contributed by atoms with van der Waals surface area (Å²) in [6.07, 6.45) is 3.90. The molecule has 1 saturated heterocycles. The summed E-state index contributed by atoms with van der Waals surface area (Å²) in [5.74, 6) is 0.863. The van der Waals surface area contributed by atoms with E-state index in [1.807, 2.05) is 17.9 Å². The first-order valence-corrected chi connectivity index (χ1v) is 7.10. The van der Waals surface area contributed by atoms with Crippen LogP contribution >= 0.6 is 15.9 Å². The molecule has 1 fully saturated rings. The van der Waals surface area contributed by atoms with Crippen molar-refractivity contribution in [3.05, 3.63) is 29.6 Å². The highest BCUT2D eigenvalue weighted by molar-refractivity contribution is 9.09. The zero-order chi connectivity index (χ0) is 12.3. The maximum absolute atomic E-state index is 12.2. The predicted octanol–water partition coefficient (Wildman–Crippen LogP) is 2.64. The Bertz CT molecular complexity index is 400. The second-order valence-electron chi connectivity index (χ2n) is 4.58. The van der Waals surface area contributed by atoms with Crippen molar-refractivity contribution >= 4 is 21.8 Å². The molecule has 1 aliphatic rings. The molecule has 0 aliphatic carbocycles. The summed E-state index contributed by atoms with van der Waals surface area (Å²) >= 11 is 3.51. The maximum atomic E-state index is 12.2. The van der Waals surface area contributed by atoms with Gasteiger partial charge in [-0.05, 0) is 37.8 Å². The molecule has 2 heterocycles. The fourth-order valence-corrected chi connectivity index (χ4v) is 2.80. The fourth-order valence-electron chi connectivity index (χ4n) is 2.15. The van der Waals surface area contributed by atoms with E-state index in [0.29, 0.717) is 0 Å². The third-order valence-corrected chi connectivity index (χ3v) is 4.18. The van der Waals surface area contributed by atoms with Gasteiger partial charge in [0.2, 0.25) is 0 Å². The van der Waals surface area contributed by atoms with E-state index in [0.717, 1.165) is 48.4 Å². The van der Waals surface area contributed by atoms with Gasteiger partial charge in [-0.15, -0.1) is 0 Å². The number of aromatic nitrogens is 1. The molecule has 0 N–H and O–H groups in total. The number of amides is 1. The van der Waals surface area contributed by atoms with Crippen LogP contribution in [-0.2, 0) is 0 Å². The number of aryl methyl sites for hydroxylation is 1. The molecule has 0 spiro atoms. The summed E-state index contributed by atoms with van der Waals surface area (Å²) in [5.41, 5.74) is 1.65. The molecule has 0 aromatic carbocycles. The zero-order valence-corrected chi connectivity index (χ0v) is 11.6. The van der Waals surface area contributed by atoms with E-state index in [4.69, 9.17) is 0 Å². The molecule has 1 aromatic heterocycles. The first kappa shape index (κ1) is 12.6. The van der Waals surface area contributed by atoms with Crippen molar-refractivity contribution in [3.63, 3.8) is 0 Å². The van der Waals surface area contributed by atoms with E-state index >= 15 is 0 Å². The Morgan fingerprint density at radius 3 is 2.82 bits per heavy atom. The zero-order valence-electron chi connectivity index (χ0n) is 10.0. The third-order valence-electron chi connectivity index (χ3n) is 3.26. The summed E-state index contributed by atoms with van der Waals surface area (Å²) < 4.78 is 0. The molecule has 0 saturated carbocycles. The van der Waals surface area contributed by atoms with Gasteiger partial charge in [0.15, 0.2) is 0 Å². The first-order chi connectivity index (χ1) is 8.20. The van der Waals surface area contributed by atoms with Gasteiger partial charge in [-0.25, -0.2) is 0 Å². The Morgan fingerprint density at radius 2 is 2.24 bits per heavy atom. The predicted molar refractivity (Wildman–Crippen MR) is 71.4 cm³/mol. The van der Waals surface area contributed by atoms with E-state index in [2.05, 4.69) is 20.9 Å². The lowest BCUT2D eigenvalue weighted by molar-refractivity contribution is 0.0699. The minimum absolute atomic E-state index is 0.142. The van der Waals surface area contributed by atoms with Crippen LogP contribution in [-0.4, -0.2) is 34.2 Å². The van der Waals surface area contributed by atoms with Crippen LogP contribution in [0.3, 0.4) is 0 Å². The quantitative estimate of drug-likeness (QED) is 0.786. The van der Waals surface area contributed by atoms with Crippen LogP contribution in [0.15, 0.2) is 18.3 Å². The summed E-state index contributed by atoms with van der Waals surface area (Å²) in [4.78, 5) is 18.3. The van der Waals surface area contributed by atoms with Crippen LogP contribution < -0.4 is 0 Å². The molecule has 1 aliphatic heterocycles. The number of likely N-dealkylation sites (tertiary alicyclic amines) is 1. The van der Waals surface area contributed by atoms with Crippen molar-refractivity contribution in [2.45, 2.75) is 19.8 Å². The van der Waals surface area contributed by atoms with Crippen LogP contribution in [0.2, 0.25) is 0 Å². The van der Waals surface area contributed by atoms with Crippen LogP contribution in [0.25, 0.3) is 0 Å². The van der Waals surface area contributed by atoms with E-state index in [1.165, 1.54) is 0 Å². The van der Waals surface area contributed by atoms with Gasteiger partial charge in [0.25, 0.3) is 5.91 Å². The molecule has 0 bridgehead atoms. The molecule has 92 valence electrons. The Balaban J connectivity index is 2.02. The van der Waals surface area contributed by atoms with Gasteiger partial charge in [-0.3, -0.25) is 9.78 Å². The van der Waals surface area contributed by atoms with Crippen molar-refractivity contribution in [1.82, 2.24) is 9.88 Å². The van der Waals surface area contributed by atoms with Gasteiger partial charge in [-0.2, -0.15) is 0 Å². The Kier molecular flexibility index (Phi) is 4.15. The summed E-state index contributed by atoms with van der Waals surface area (Å²) in [5, 5.41) is 1.05. The molecule has 2 rings (SSSR count). The van der Waals surface area contributed by atoms with E-state index < -0.39 is 0 Å². The highest BCUT2D eigenvalue weighted by Crippen LogP contribution is 2.20. The third kappa shape index (κ3) is 3.06. The number of nitrogens with zero attached hydrogens (tertiary/aromatic N) is 2. The highest BCUT2D eigenvalue weighted by Gasteiger charge is 2.22. The second-order valence-corrected chi connectivity index (χ2v) is 5.22. The second kappa shape index (κ2) is 5.63. The molecule has 0 atom stereocenters. The molecular formula is C13H17BrN2O. The van der Waals surface area contributed by atoms with Crippen molar-refractivity contribution in [2.24, 2.45) is 5.92 Å². The lowest BCUT2D eigenvalue weighted by Gasteiger charge is -2.31. The molecule has 0 radical (unpaired) electrons. The fraction of sp³-hybridized carbons (Fsp3) is 0.538. The molecule has 3 nitrogen and oxygen atoms in total. The summed E-state index contributed by atoms with van der Waals surface area (Å²) in [6.45, 7) is 3.65. The van der Waals surface area contributed by atoms with Gasteiger partial charge in [0.1, 0.15) is 0 Å². The average Bonchev–Trinajstić information content (AvgIpc) is 2.38. The number of hydrogen-bond donors (Lipinski definition) is 0. The molecule has 4 heteroatoms. The Morgan fingerprint density at radius 1 is 1.53 bits per heavy atom. The van der Waals surface area contributed by atoms with Crippen molar-refractivity contribution in [3.8, 4) is 0 Å². The van der Waals surface area contributed by atoms with Gasteiger partial charge in [0.05, 0.1) is 0 Å². The highest BCUT2D eigenvalue weighted by atomic mass is 79.9. The lowest BCUT2D eigenvalue weighted by Crippen LogP contribution is -2.38. The van der Waals surface area contributed by atoms with Crippen LogP contribution in [0.4, 0.5) is 0 Å². The number of halogens is 1. The summed E-state index contributed by atoms with van der Waals surface area (Å²) in [6, 6.07) is 3.66. The largest absolute Gasteiger partial charge is 0.339 e. The average molecular weight is 297 g/mol. The van der Waals surface area contributed by atoms with Crippen molar-refractivity contribution in [1.29, 1.82) is 0 Å². The van der Waals surface area contributed by atoms with E-state index in [-0.39, 0.29) is 5.91 Å². The molecule has 1 amide bonds. The number of pyridine rings is 1. The summed E-state index contributed by atoms with van der Waals surface area (Å²) in [7, 11) is 0. The van der Waals surface area contributed by atoms with Gasteiger partial charge in [0, 0.05) is 35.9 Å². The van der Waals surface area contributed by atoms with E-state index in [9.17, 15) is 4.79 Å². The van der Waals surface area contributed by atoms with Crippen LogP contribution in [0, 0.1) is 12.8 Å². The Labute approximate surface area is 110 Å². The van der Waals surface area contributed by atoms with Gasteiger partial charge in [-0.1, -0.05) is 15.9 Å². The van der Waals surface area contributed by atoms with E-state index in [1.54, 1.807) is 12.3 Å². The minimum Gasteiger partial charge on any atom is -0.339 e. The van der Waals surface area contributed by atoms with Gasteiger partial charge < -0.3 is 4.90 Å². The molecule has 1 aromatic rings. The van der Waals surface area contributed by atoms with Gasteiger partial charge >= 0.3 is 0 Å².